The lowest BCUT2D eigenvalue weighted by Crippen LogP contribution is -2.10. The second kappa shape index (κ2) is 3.36. The third kappa shape index (κ3) is 1.46. The van der Waals surface area contributed by atoms with Gasteiger partial charge in [-0.25, -0.2) is 4.39 Å². The second-order valence-corrected chi connectivity index (χ2v) is 2.50. The number of benzene rings is 1. The Morgan fingerprint density at radius 2 is 2.17 bits per heavy atom. The summed E-state index contributed by atoms with van der Waals surface area (Å²) >= 11 is 0. The molecule has 2 nitrogen and oxygen atoms in total. The quantitative estimate of drug-likeness (QED) is 0.518. The van der Waals surface area contributed by atoms with Gasteiger partial charge < -0.3 is 11.5 Å². The van der Waals surface area contributed by atoms with E-state index in [-0.39, 0.29) is 5.69 Å². The van der Waals surface area contributed by atoms with Crippen LogP contribution in [-0.4, -0.2) is 0 Å². The topological polar surface area (TPSA) is 52.0 Å². The third-order valence-corrected chi connectivity index (χ3v) is 1.70. The summed E-state index contributed by atoms with van der Waals surface area (Å²) in [6, 6.07) is 4.16. The molecular weight excluding hydrogens is 155 g/mol. The number of rotatable bonds is 2. The highest BCUT2D eigenvalue weighted by atomic mass is 19.1. The summed E-state index contributed by atoms with van der Waals surface area (Å²) in [7, 11) is 0. The zero-order valence-electron chi connectivity index (χ0n) is 6.63. The molecule has 0 saturated heterocycles. The number of nitrogen functional groups attached to an aromatic ring is 1. The van der Waals surface area contributed by atoms with Crippen LogP contribution in [0, 0.1) is 5.82 Å². The second-order valence-electron chi connectivity index (χ2n) is 2.50. The summed E-state index contributed by atoms with van der Waals surface area (Å²) in [5, 5.41) is 0. The van der Waals surface area contributed by atoms with Crippen molar-refractivity contribution in [1.29, 1.82) is 0 Å². The largest absolute Gasteiger partial charge is 0.396 e. The van der Waals surface area contributed by atoms with Gasteiger partial charge in [0, 0.05) is 6.04 Å². The molecule has 0 bridgehead atoms. The number of anilines is 1. The first kappa shape index (κ1) is 8.74. The molecule has 1 rings (SSSR count). The van der Waals surface area contributed by atoms with Crippen molar-refractivity contribution in [2.75, 3.05) is 5.73 Å². The summed E-state index contributed by atoms with van der Waals surface area (Å²) in [4.78, 5) is 0. The first-order valence-electron chi connectivity index (χ1n) is 3.59. The van der Waals surface area contributed by atoms with Crippen molar-refractivity contribution in [3.8, 4) is 0 Å². The minimum atomic E-state index is -0.440. The summed E-state index contributed by atoms with van der Waals surface area (Å²) in [5.41, 5.74) is 11.7. The third-order valence-electron chi connectivity index (χ3n) is 1.70. The van der Waals surface area contributed by atoms with Gasteiger partial charge in [-0.2, -0.15) is 0 Å². The van der Waals surface area contributed by atoms with E-state index in [1.165, 1.54) is 12.1 Å². The van der Waals surface area contributed by atoms with Crippen LogP contribution in [0.1, 0.15) is 11.6 Å². The molecule has 1 aromatic carbocycles. The number of hydrogen-bond donors (Lipinski definition) is 2. The molecule has 1 aromatic rings. The van der Waals surface area contributed by atoms with E-state index < -0.39 is 11.9 Å². The van der Waals surface area contributed by atoms with Gasteiger partial charge in [0.2, 0.25) is 0 Å². The Balaban J connectivity index is 3.15. The maximum atomic E-state index is 12.9. The molecule has 0 aliphatic rings. The zero-order valence-corrected chi connectivity index (χ0v) is 6.63. The Kier molecular flexibility index (Phi) is 2.45. The predicted octanol–water partition coefficient (Wildman–Crippen LogP) is 1.59. The summed E-state index contributed by atoms with van der Waals surface area (Å²) in [6.07, 6.45) is 1.52. The summed E-state index contributed by atoms with van der Waals surface area (Å²) in [6.45, 7) is 3.50. The molecule has 0 aromatic heterocycles. The number of nitrogens with two attached hydrogens (primary N) is 2. The van der Waals surface area contributed by atoms with E-state index in [1.807, 2.05) is 0 Å². The van der Waals surface area contributed by atoms with Crippen LogP contribution in [0.25, 0.3) is 0 Å². The maximum Gasteiger partial charge on any atom is 0.146 e. The van der Waals surface area contributed by atoms with E-state index in [1.54, 1.807) is 12.1 Å². The molecule has 0 heterocycles. The molecule has 64 valence electrons. The number of para-hydroxylation sites is 1. The minimum Gasteiger partial charge on any atom is -0.396 e. The fraction of sp³-hybridized carbons (Fsp3) is 0.111. The van der Waals surface area contributed by atoms with Crippen molar-refractivity contribution >= 4 is 5.69 Å². The average molecular weight is 166 g/mol. The highest BCUT2D eigenvalue weighted by Crippen LogP contribution is 2.21. The van der Waals surface area contributed by atoms with Gasteiger partial charge in [-0.05, 0) is 11.6 Å². The fourth-order valence-electron chi connectivity index (χ4n) is 0.971. The lowest BCUT2D eigenvalue weighted by molar-refractivity contribution is 0.629. The molecule has 4 N–H and O–H groups in total. The first-order chi connectivity index (χ1) is 5.66. The highest BCUT2D eigenvalue weighted by molar-refractivity contribution is 5.50. The summed E-state index contributed by atoms with van der Waals surface area (Å²) < 4.78 is 12.9. The molecule has 0 amide bonds. The van der Waals surface area contributed by atoms with E-state index in [4.69, 9.17) is 11.5 Å². The van der Waals surface area contributed by atoms with Crippen molar-refractivity contribution in [2.45, 2.75) is 6.04 Å². The van der Waals surface area contributed by atoms with Gasteiger partial charge >= 0.3 is 0 Å². The molecule has 0 aliphatic heterocycles. The van der Waals surface area contributed by atoms with Gasteiger partial charge in [0.1, 0.15) is 5.82 Å². The predicted molar refractivity (Wildman–Crippen MR) is 47.9 cm³/mol. The molecule has 12 heavy (non-hydrogen) atoms. The molecule has 0 fully saturated rings. The van der Waals surface area contributed by atoms with E-state index in [0.717, 1.165) is 0 Å². The maximum absolute atomic E-state index is 12.9. The number of hydrogen-bond acceptors (Lipinski definition) is 2. The standard InChI is InChI=1S/C9H11FN2/c1-2-8(11)6-4-3-5-7(10)9(6)12/h2-5,8H,1,11-12H2/t8-/m1/s1. The van der Waals surface area contributed by atoms with Gasteiger partial charge in [-0.1, -0.05) is 18.2 Å². The van der Waals surface area contributed by atoms with Crippen molar-refractivity contribution in [3.05, 3.63) is 42.2 Å². The normalized spacial score (nSPS) is 12.5. The Hall–Kier alpha value is -1.35. The zero-order chi connectivity index (χ0) is 9.14. The molecule has 0 saturated carbocycles. The van der Waals surface area contributed by atoms with E-state index in [0.29, 0.717) is 5.56 Å². The van der Waals surface area contributed by atoms with Gasteiger partial charge in [-0.15, -0.1) is 6.58 Å². The molecule has 3 heteroatoms. The van der Waals surface area contributed by atoms with Crippen molar-refractivity contribution in [1.82, 2.24) is 0 Å². The molecule has 1 atom stereocenters. The average Bonchev–Trinajstić information content (AvgIpc) is 2.08. The lowest BCUT2D eigenvalue weighted by Gasteiger charge is -2.09. The highest BCUT2D eigenvalue weighted by Gasteiger charge is 2.08. The van der Waals surface area contributed by atoms with Crippen molar-refractivity contribution in [2.24, 2.45) is 5.73 Å². The monoisotopic (exact) mass is 166 g/mol. The van der Waals surface area contributed by atoms with Gasteiger partial charge in [-0.3, -0.25) is 0 Å². The Morgan fingerprint density at radius 1 is 1.50 bits per heavy atom. The van der Waals surface area contributed by atoms with Crippen molar-refractivity contribution in [3.63, 3.8) is 0 Å². The van der Waals surface area contributed by atoms with Crippen LogP contribution in [0.2, 0.25) is 0 Å². The van der Waals surface area contributed by atoms with Gasteiger partial charge in [0.25, 0.3) is 0 Å². The van der Waals surface area contributed by atoms with Gasteiger partial charge in [0.05, 0.1) is 5.69 Å². The molecule has 0 spiro atoms. The van der Waals surface area contributed by atoms with Crippen LogP contribution in [0.5, 0.6) is 0 Å². The molecule has 0 radical (unpaired) electrons. The van der Waals surface area contributed by atoms with Crippen LogP contribution in [0.15, 0.2) is 30.9 Å². The van der Waals surface area contributed by atoms with Crippen LogP contribution < -0.4 is 11.5 Å². The van der Waals surface area contributed by atoms with Gasteiger partial charge in [0.15, 0.2) is 0 Å². The Labute approximate surface area is 70.7 Å². The van der Waals surface area contributed by atoms with Crippen LogP contribution in [0.3, 0.4) is 0 Å². The van der Waals surface area contributed by atoms with E-state index >= 15 is 0 Å². The van der Waals surface area contributed by atoms with Crippen LogP contribution in [0.4, 0.5) is 10.1 Å². The number of halogens is 1. The molecular formula is C9H11FN2. The Bertz CT molecular complexity index is 297. The SMILES string of the molecule is C=C[C@@H](N)c1cccc(F)c1N. The summed E-state index contributed by atoms with van der Waals surface area (Å²) in [5.74, 6) is -0.440. The smallest absolute Gasteiger partial charge is 0.146 e. The Morgan fingerprint density at radius 3 is 2.75 bits per heavy atom. The lowest BCUT2D eigenvalue weighted by atomic mass is 10.1. The van der Waals surface area contributed by atoms with E-state index in [2.05, 4.69) is 6.58 Å². The first-order valence-corrected chi connectivity index (χ1v) is 3.59. The van der Waals surface area contributed by atoms with E-state index in [9.17, 15) is 4.39 Å². The molecule has 0 unspecified atom stereocenters. The van der Waals surface area contributed by atoms with Crippen molar-refractivity contribution < 1.29 is 4.39 Å². The molecule has 0 aliphatic carbocycles. The fourth-order valence-corrected chi connectivity index (χ4v) is 0.971. The minimum absolute atomic E-state index is 0.102. The van der Waals surface area contributed by atoms with Crippen LogP contribution >= 0.6 is 0 Å². The van der Waals surface area contributed by atoms with Crippen LogP contribution in [-0.2, 0) is 0 Å².